The van der Waals surface area contributed by atoms with Gasteiger partial charge in [0.15, 0.2) is 6.10 Å². The van der Waals surface area contributed by atoms with Crippen molar-refractivity contribution < 1.29 is 14.3 Å². The molecule has 0 aromatic heterocycles. The highest BCUT2D eigenvalue weighted by molar-refractivity contribution is 5.74. The summed E-state index contributed by atoms with van der Waals surface area (Å²) in [7, 11) is 1.44. The summed E-state index contributed by atoms with van der Waals surface area (Å²) in [6.07, 6.45) is -0.622. The number of carbonyl (C=O) groups is 1. The number of methoxy groups -OCH3 is 1. The third-order valence-electron chi connectivity index (χ3n) is 1.32. The Bertz CT molecular complexity index is 132. The maximum atomic E-state index is 11.1. The van der Waals surface area contributed by atoms with E-state index in [4.69, 9.17) is 15.2 Å². The van der Waals surface area contributed by atoms with Crippen LogP contribution in [0.15, 0.2) is 0 Å². The van der Waals surface area contributed by atoms with Crippen LogP contribution in [0.1, 0.15) is 13.8 Å². The zero-order chi connectivity index (χ0) is 9.56. The minimum absolute atomic E-state index is 0.160. The molecule has 0 aliphatic carbocycles. The second-order valence-electron chi connectivity index (χ2n) is 2.98. The smallest absolute Gasteiger partial charge is 0.336 e. The Hall–Kier alpha value is -0.610. The molecule has 0 aliphatic rings. The van der Waals surface area contributed by atoms with Gasteiger partial charge in [0.1, 0.15) is 0 Å². The molecule has 2 N–H and O–H groups in total. The average molecular weight is 175 g/mol. The minimum atomic E-state index is -0.622. The van der Waals surface area contributed by atoms with E-state index in [-0.39, 0.29) is 12.5 Å². The van der Waals surface area contributed by atoms with Crippen LogP contribution in [0.25, 0.3) is 0 Å². The van der Waals surface area contributed by atoms with Crippen molar-refractivity contribution in [1.29, 1.82) is 0 Å². The third-order valence-corrected chi connectivity index (χ3v) is 1.32. The summed E-state index contributed by atoms with van der Waals surface area (Å²) in [5, 5.41) is 0. The van der Waals surface area contributed by atoms with Crippen molar-refractivity contribution in [2.24, 2.45) is 11.7 Å². The van der Waals surface area contributed by atoms with Crippen LogP contribution in [0.3, 0.4) is 0 Å². The van der Waals surface area contributed by atoms with Crippen molar-refractivity contribution in [2.45, 2.75) is 20.0 Å². The Balaban J connectivity index is 3.69. The van der Waals surface area contributed by atoms with Crippen LogP contribution < -0.4 is 5.73 Å². The molecule has 4 nitrogen and oxygen atoms in total. The number of ether oxygens (including phenoxy) is 2. The van der Waals surface area contributed by atoms with Gasteiger partial charge < -0.3 is 15.2 Å². The summed E-state index contributed by atoms with van der Waals surface area (Å²) in [5.41, 5.74) is 5.26. The molecule has 1 atom stereocenters. The van der Waals surface area contributed by atoms with Crippen molar-refractivity contribution in [3.8, 4) is 0 Å². The van der Waals surface area contributed by atoms with Crippen molar-refractivity contribution in [3.05, 3.63) is 0 Å². The Kier molecular flexibility index (Phi) is 5.66. The number of carbonyl (C=O) groups excluding carboxylic acids is 1. The average Bonchev–Trinajstić information content (AvgIpc) is 2.03. The fourth-order valence-corrected chi connectivity index (χ4v) is 0.630. The van der Waals surface area contributed by atoms with Gasteiger partial charge in [-0.2, -0.15) is 0 Å². The Morgan fingerprint density at radius 3 is 2.42 bits per heavy atom. The van der Waals surface area contributed by atoms with E-state index < -0.39 is 6.10 Å². The van der Waals surface area contributed by atoms with E-state index in [9.17, 15) is 4.79 Å². The lowest BCUT2D eigenvalue weighted by molar-refractivity contribution is -0.155. The molecule has 0 aromatic carbocycles. The normalized spacial score (nSPS) is 13.1. The van der Waals surface area contributed by atoms with Crippen LogP contribution in [0.2, 0.25) is 0 Å². The van der Waals surface area contributed by atoms with Gasteiger partial charge in [-0.1, -0.05) is 13.8 Å². The van der Waals surface area contributed by atoms with Gasteiger partial charge in [-0.25, -0.2) is 4.79 Å². The summed E-state index contributed by atoms with van der Waals surface area (Å²) in [5.74, 6) is -0.0436. The molecule has 72 valence electrons. The van der Waals surface area contributed by atoms with Crippen LogP contribution >= 0.6 is 0 Å². The molecule has 0 spiro atoms. The molecule has 0 saturated heterocycles. The molecule has 0 heterocycles. The molecule has 0 saturated carbocycles. The highest BCUT2D eigenvalue weighted by Gasteiger charge is 2.17. The maximum Gasteiger partial charge on any atom is 0.336 e. The first-order chi connectivity index (χ1) is 5.61. The molecule has 0 aromatic rings. The first-order valence-electron chi connectivity index (χ1n) is 4.01. The lowest BCUT2D eigenvalue weighted by atomic mass is 10.2. The molecule has 12 heavy (non-hydrogen) atoms. The van der Waals surface area contributed by atoms with Gasteiger partial charge in [-0.15, -0.1) is 0 Å². The second-order valence-corrected chi connectivity index (χ2v) is 2.98. The molecule has 0 rings (SSSR count). The van der Waals surface area contributed by atoms with Crippen molar-refractivity contribution in [1.82, 2.24) is 0 Å². The first kappa shape index (κ1) is 11.4. The van der Waals surface area contributed by atoms with E-state index >= 15 is 0 Å². The SMILES string of the molecule is COC(CN)C(=O)OCC(C)C. The monoisotopic (exact) mass is 175 g/mol. The van der Waals surface area contributed by atoms with E-state index in [0.29, 0.717) is 12.5 Å². The zero-order valence-corrected chi connectivity index (χ0v) is 7.87. The van der Waals surface area contributed by atoms with Crippen LogP contribution in [0.4, 0.5) is 0 Å². The molecule has 0 bridgehead atoms. The van der Waals surface area contributed by atoms with Crippen LogP contribution in [0, 0.1) is 5.92 Å². The first-order valence-corrected chi connectivity index (χ1v) is 4.01. The lowest BCUT2D eigenvalue weighted by Gasteiger charge is -2.13. The highest BCUT2D eigenvalue weighted by Crippen LogP contribution is 1.97. The summed E-state index contributed by atoms with van der Waals surface area (Å²) >= 11 is 0. The Labute approximate surface area is 73.0 Å². The van der Waals surface area contributed by atoms with E-state index in [0.717, 1.165) is 0 Å². The van der Waals surface area contributed by atoms with Gasteiger partial charge in [-0.3, -0.25) is 0 Å². The largest absolute Gasteiger partial charge is 0.463 e. The minimum Gasteiger partial charge on any atom is -0.463 e. The third kappa shape index (κ3) is 4.31. The molecule has 0 amide bonds. The molecule has 0 radical (unpaired) electrons. The molecule has 0 aliphatic heterocycles. The van der Waals surface area contributed by atoms with E-state index in [1.165, 1.54) is 7.11 Å². The van der Waals surface area contributed by atoms with Gasteiger partial charge in [0.25, 0.3) is 0 Å². The summed E-state index contributed by atoms with van der Waals surface area (Å²) in [6.45, 7) is 4.52. The molecular formula is C8H17NO3. The van der Waals surface area contributed by atoms with Crippen LogP contribution in [-0.4, -0.2) is 32.3 Å². The topological polar surface area (TPSA) is 61.5 Å². The fraction of sp³-hybridized carbons (Fsp3) is 0.875. The molecule has 1 unspecified atom stereocenters. The predicted molar refractivity (Wildman–Crippen MR) is 45.6 cm³/mol. The second kappa shape index (κ2) is 5.97. The van der Waals surface area contributed by atoms with Crippen LogP contribution in [-0.2, 0) is 14.3 Å². The van der Waals surface area contributed by atoms with Crippen molar-refractivity contribution in [2.75, 3.05) is 20.3 Å². The molecule has 4 heteroatoms. The fourth-order valence-electron chi connectivity index (χ4n) is 0.630. The molecular weight excluding hydrogens is 158 g/mol. The zero-order valence-electron chi connectivity index (χ0n) is 7.87. The number of esters is 1. The standard InChI is InChI=1S/C8H17NO3/c1-6(2)5-12-8(10)7(4-9)11-3/h6-7H,4-5,9H2,1-3H3. The lowest BCUT2D eigenvalue weighted by Crippen LogP contribution is -2.33. The number of rotatable bonds is 5. The maximum absolute atomic E-state index is 11.1. The predicted octanol–water partition coefficient (Wildman–Crippen LogP) is 0.159. The van der Waals surface area contributed by atoms with Gasteiger partial charge in [0.2, 0.25) is 0 Å². The van der Waals surface area contributed by atoms with Gasteiger partial charge in [0, 0.05) is 13.7 Å². The number of hydrogen-bond donors (Lipinski definition) is 1. The molecule has 0 fully saturated rings. The summed E-state index contributed by atoms with van der Waals surface area (Å²) in [4.78, 5) is 11.1. The van der Waals surface area contributed by atoms with E-state index in [1.54, 1.807) is 0 Å². The summed E-state index contributed by atoms with van der Waals surface area (Å²) < 4.78 is 9.70. The summed E-state index contributed by atoms with van der Waals surface area (Å²) in [6, 6.07) is 0. The highest BCUT2D eigenvalue weighted by atomic mass is 16.6. The van der Waals surface area contributed by atoms with E-state index in [1.807, 2.05) is 13.8 Å². The van der Waals surface area contributed by atoms with E-state index in [2.05, 4.69) is 0 Å². The van der Waals surface area contributed by atoms with Gasteiger partial charge in [0.05, 0.1) is 6.61 Å². The Morgan fingerprint density at radius 2 is 2.08 bits per heavy atom. The van der Waals surface area contributed by atoms with Gasteiger partial charge in [-0.05, 0) is 5.92 Å². The van der Waals surface area contributed by atoms with Crippen molar-refractivity contribution in [3.63, 3.8) is 0 Å². The Morgan fingerprint density at radius 1 is 1.50 bits per heavy atom. The number of nitrogens with two attached hydrogens (primary N) is 1. The van der Waals surface area contributed by atoms with Crippen molar-refractivity contribution >= 4 is 5.97 Å². The van der Waals surface area contributed by atoms with Gasteiger partial charge >= 0.3 is 5.97 Å². The van der Waals surface area contributed by atoms with Crippen LogP contribution in [0.5, 0.6) is 0 Å². The quantitative estimate of drug-likeness (QED) is 0.604. The number of hydrogen-bond acceptors (Lipinski definition) is 4.